The van der Waals surface area contributed by atoms with Crippen LogP contribution >= 0.6 is 15.9 Å². The molecule has 0 fully saturated rings. The number of carboxylic acids is 1. The van der Waals surface area contributed by atoms with Gasteiger partial charge >= 0.3 is 5.97 Å². The Kier molecular flexibility index (Phi) is 7.39. The monoisotopic (exact) mass is 357 g/mol. The summed E-state index contributed by atoms with van der Waals surface area (Å²) in [6, 6.07) is 7.77. The van der Waals surface area contributed by atoms with E-state index in [1.54, 1.807) is 0 Å². The molecule has 116 valence electrons. The van der Waals surface area contributed by atoms with Gasteiger partial charge in [-0.3, -0.25) is 9.59 Å². The van der Waals surface area contributed by atoms with E-state index >= 15 is 0 Å². The number of methoxy groups -OCH3 is 1. The van der Waals surface area contributed by atoms with Crippen molar-refractivity contribution in [2.24, 2.45) is 0 Å². The Morgan fingerprint density at radius 1 is 1.33 bits per heavy atom. The molecular formula is C15H20BrNO4. The smallest absolute Gasteiger partial charge is 0.323 e. The summed E-state index contributed by atoms with van der Waals surface area (Å²) in [4.78, 5) is 24.4. The molecule has 1 amide bonds. The average molecular weight is 358 g/mol. The summed E-state index contributed by atoms with van der Waals surface area (Å²) in [6.45, 7) is 2.27. The number of aliphatic carboxylic acids is 1. The highest BCUT2D eigenvalue weighted by Crippen LogP contribution is 2.22. The molecule has 0 heterocycles. The predicted octanol–water partition coefficient (Wildman–Crippen LogP) is 2.50. The Morgan fingerprint density at radius 3 is 2.48 bits per heavy atom. The van der Waals surface area contributed by atoms with Gasteiger partial charge in [0.05, 0.1) is 6.61 Å². The van der Waals surface area contributed by atoms with Crippen LogP contribution in [0.25, 0.3) is 0 Å². The van der Waals surface area contributed by atoms with Crippen molar-refractivity contribution in [2.45, 2.75) is 19.3 Å². The highest BCUT2D eigenvalue weighted by molar-refractivity contribution is 9.10. The molecule has 0 aliphatic heterocycles. The maximum Gasteiger partial charge on any atom is 0.323 e. The van der Waals surface area contributed by atoms with Crippen molar-refractivity contribution in [3.8, 4) is 0 Å². The Balaban J connectivity index is 2.66. The van der Waals surface area contributed by atoms with Crippen LogP contribution in [0.5, 0.6) is 0 Å². The normalized spacial score (nSPS) is 12.0. The van der Waals surface area contributed by atoms with Crippen LogP contribution in [0.2, 0.25) is 0 Å². The fraction of sp³-hybridized carbons (Fsp3) is 0.467. The molecule has 5 nitrogen and oxygen atoms in total. The van der Waals surface area contributed by atoms with Crippen LogP contribution in [0.15, 0.2) is 28.7 Å². The minimum absolute atomic E-state index is 0.0319. The van der Waals surface area contributed by atoms with Gasteiger partial charge in [0.1, 0.15) is 6.54 Å². The van der Waals surface area contributed by atoms with Gasteiger partial charge in [-0.05, 0) is 23.6 Å². The molecule has 0 spiro atoms. The van der Waals surface area contributed by atoms with Crippen molar-refractivity contribution in [3.63, 3.8) is 0 Å². The molecule has 0 aromatic heterocycles. The van der Waals surface area contributed by atoms with E-state index in [1.807, 2.05) is 31.2 Å². The minimum Gasteiger partial charge on any atom is -0.480 e. The molecule has 0 bridgehead atoms. The van der Waals surface area contributed by atoms with E-state index in [4.69, 9.17) is 9.84 Å². The summed E-state index contributed by atoms with van der Waals surface area (Å²) in [5.41, 5.74) is 1.05. The first kappa shape index (κ1) is 17.7. The number of carbonyl (C=O) groups is 2. The second-order valence-corrected chi connectivity index (χ2v) is 5.77. The third-order valence-corrected chi connectivity index (χ3v) is 3.69. The zero-order chi connectivity index (χ0) is 15.8. The van der Waals surface area contributed by atoms with E-state index in [2.05, 4.69) is 15.9 Å². The second-order valence-electron chi connectivity index (χ2n) is 4.86. The number of halogens is 1. The number of carboxylic acid groups (broad SMARTS) is 1. The van der Waals surface area contributed by atoms with E-state index < -0.39 is 5.97 Å². The number of hydrogen-bond acceptors (Lipinski definition) is 3. The van der Waals surface area contributed by atoms with Crippen molar-refractivity contribution < 1.29 is 19.4 Å². The van der Waals surface area contributed by atoms with Gasteiger partial charge in [-0.2, -0.15) is 0 Å². The number of ether oxygens (including phenoxy) is 1. The summed E-state index contributed by atoms with van der Waals surface area (Å²) in [6.07, 6.45) is 0.276. The second kappa shape index (κ2) is 8.79. The van der Waals surface area contributed by atoms with Crippen LogP contribution in [-0.4, -0.2) is 48.7 Å². The maximum atomic E-state index is 12.2. The van der Waals surface area contributed by atoms with Crippen LogP contribution in [0.3, 0.4) is 0 Å². The first-order valence-corrected chi connectivity index (χ1v) is 7.47. The molecule has 0 aliphatic carbocycles. The first-order chi connectivity index (χ1) is 9.93. The topological polar surface area (TPSA) is 66.8 Å². The zero-order valence-electron chi connectivity index (χ0n) is 12.2. The van der Waals surface area contributed by atoms with Gasteiger partial charge in [0.25, 0.3) is 0 Å². The van der Waals surface area contributed by atoms with Crippen LogP contribution < -0.4 is 0 Å². The lowest BCUT2D eigenvalue weighted by Crippen LogP contribution is -2.38. The molecule has 1 atom stereocenters. The van der Waals surface area contributed by atoms with Crippen LogP contribution in [0.4, 0.5) is 0 Å². The molecule has 1 unspecified atom stereocenters. The van der Waals surface area contributed by atoms with Gasteiger partial charge in [0.2, 0.25) is 5.91 Å². The highest BCUT2D eigenvalue weighted by atomic mass is 79.9. The molecular weight excluding hydrogens is 338 g/mol. The number of nitrogens with zero attached hydrogens (tertiary/aromatic N) is 1. The number of benzene rings is 1. The Morgan fingerprint density at radius 2 is 1.95 bits per heavy atom. The summed E-state index contributed by atoms with van der Waals surface area (Å²) in [7, 11) is 1.52. The fourth-order valence-corrected chi connectivity index (χ4v) is 2.22. The minimum atomic E-state index is -1.02. The summed E-state index contributed by atoms with van der Waals surface area (Å²) < 4.78 is 5.90. The lowest BCUT2D eigenvalue weighted by molar-refractivity contribution is -0.145. The van der Waals surface area contributed by atoms with Gasteiger partial charge in [-0.15, -0.1) is 0 Å². The maximum absolute atomic E-state index is 12.2. The molecule has 0 radical (unpaired) electrons. The van der Waals surface area contributed by atoms with Crippen molar-refractivity contribution in [1.29, 1.82) is 0 Å². The highest BCUT2D eigenvalue weighted by Gasteiger charge is 2.19. The number of carbonyl (C=O) groups excluding carboxylic acids is 1. The van der Waals surface area contributed by atoms with Crippen LogP contribution in [0.1, 0.15) is 24.8 Å². The molecule has 21 heavy (non-hydrogen) atoms. The Hall–Kier alpha value is -1.40. The van der Waals surface area contributed by atoms with Gasteiger partial charge in [-0.1, -0.05) is 35.0 Å². The number of hydrogen-bond donors (Lipinski definition) is 1. The standard InChI is InChI=1S/C15H20BrNO4/c1-11(12-3-5-13(16)6-4-12)9-14(18)17(7-8-21-2)10-15(19)20/h3-6,11H,7-10H2,1-2H3,(H,19,20). The van der Waals surface area contributed by atoms with E-state index in [0.717, 1.165) is 10.0 Å². The van der Waals surface area contributed by atoms with Crippen molar-refractivity contribution in [2.75, 3.05) is 26.8 Å². The van der Waals surface area contributed by atoms with Gasteiger partial charge in [0, 0.05) is 24.5 Å². The molecule has 0 saturated carbocycles. The Bertz CT molecular complexity index is 475. The van der Waals surface area contributed by atoms with Gasteiger partial charge in [-0.25, -0.2) is 0 Å². The summed E-state index contributed by atoms with van der Waals surface area (Å²) >= 11 is 3.37. The van der Waals surface area contributed by atoms with Gasteiger partial charge < -0.3 is 14.7 Å². The lowest BCUT2D eigenvalue weighted by Gasteiger charge is -2.22. The van der Waals surface area contributed by atoms with Gasteiger partial charge in [0.15, 0.2) is 0 Å². The third-order valence-electron chi connectivity index (χ3n) is 3.16. The molecule has 1 aromatic rings. The molecule has 1 aromatic carbocycles. The van der Waals surface area contributed by atoms with Crippen LogP contribution in [0, 0.1) is 0 Å². The largest absolute Gasteiger partial charge is 0.480 e. The van der Waals surface area contributed by atoms with E-state index in [0.29, 0.717) is 6.61 Å². The van der Waals surface area contributed by atoms with E-state index in [-0.39, 0.29) is 31.3 Å². The first-order valence-electron chi connectivity index (χ1n) is 6.68. The van der Waals surface area contributed by atoms with E-state index in [1.165, 1.54) is 12.0 Å². The molecule has 0 saturated heterocycles. The number of rotatable bonds is 8. The summed E-state index contributed by atoms with van der Waals surface area (Å²) in [5, 5.41) is 8.87. The lowest BCUT2D eigenvalue weighted by atomic mass is 9.97. The molecule has 6 heteroatoms. The fourth-order valence-electron chi connectivity index (χ4n) is 1.96. The third kappa shape index (κ3) is 6.27. The van der Waals surface area contributed by atoms with Crippen LogP contribution in [-0.2, 0) is 14.3 Å². The SMILES string of the molecule is COCCN(CC(=O)O)C(=O)CC(C)c1ccc(Br)cc1. The molecule has 1 rings (SSSR count). The average Bonchev–Trinajstić information content (AvgIpc) is 2.43. The van der Waals surface area contributed by atoms with Crippen molar-refractivity contribution >= 4 is 27.8 Å². The van der Waals surface area contributed by atoms with E-state index in [9.17, 15) is 9.59 Å². The quantitative estimate of drug-likeness (QED) is 0.776. The summed E-state index contributed by atoms with van der Waals surface area (Å²) in [5.74, 6) is -1.16. The zero-order valence-corrected chi connectivity index (χ0v) is 13.8. The van der Waals surface area contributed by atoms with Crippen molar-refractivity contribution in [1.82, 2.24) is 4.90 Å². The Labute approximate surface area is 133 Å². The number of amides is 1. The van der Waals surface area contributed by atoms with Crippen molar-refractivity contribution in [3.05, 3.63) is 34.3 Å². The predicted molar refractivity (Wildman–Crippen MR) is 83.3 cm³/mol. The molecule has 0 aliphatic rings. The molecule has 1 N–H and O–H groups in total.